The summed E-state index contributed by atoms with van der Waals surface area (Å²) in [5.74, 6) is 0.296. The number of benzene rings is 3. The van der Waals surface area contributed by atoms with Crippen LogP contribution in [0.2, 0.25) is 0 Å². The van der Waals surface area contributed by atoms with Crippen LogP contribution in [0.25, 0.3) is 11.1 Å². The Kier molecular flexibility index (Phi) is 8.05. The van der Waals surface area contributed by atoms with Crippen molar-refractivity contribution in [3.05, 3.63) is 84.4 Å². The number of unbranched alkanes of at least 4 members (excludes halogenated alkanes) is 1. The molecule has 0 aliphatic carbocycles. The standard InChI is InChI=1S/C25H26N2O4/c1-2-3-16-30-23-11-7-10-21(17-23)25(29)27-26-24(28)18-31-22-14-12-20(13-15-22)19-8-5-4-6-9-19/h4-15,17H,2-3,16,18H2,1H3,(H,26,28)(H,27,29). The number of carbonyl (C=O) groups excluding carboxylic acids is 2. The molecule has 2 amide bonds. The van der Waals surface area contributed by atoms with Crippen LogP contribution in [0.5, 0.6) is 11.5 Å². The summed E-state index contributed by atoms with van der Waals surface area (Å²) in [6, 6.07) is 24.3. The molecule has 0 saturated carbocycles. The third kappa shape index (κ3) is 6.89. The Bertz CT molecular complexity index is 988. The predicted octanol–water partition coefficient (Wildman–Crippen LogP) is 4.37. The van der Waals surface area contributed by atoms with Gasteiger partial charge in [-0.05, 0) is 47.9 Å². The van der Waals surface area contributed by atoms with Gasteiger partial charge in [0.15, 0.2) is 6.61 Å². The molecule has 0 radical (unpaired) electrons. The lowest BCUT2D eigenvalue weighted by atomic mass is 10.1. The van der Waals surface area contributed by atoms with Gasteiger partial charge < -0.3 is 9.47 Å². The van der Waals surface area contributed by atoms with Crippen molar-refractivity contribution in [1.82, 2.24) is 10.9 Å². The van der Waals surface area contributed by atoms with Crippen LogP contribution in [0.4, 0.5) is 0 Å². The second kappa shape index (κ2) is 11.4. The summed E-state index contributed by atoms with van der Waals surface area (Å²) in [5.41, 5.74) is 7.30. The van der Waals surface area contributed by atoms with Crippen molar-refractivity contribution in [2.45, 2.75) is 19.8 Å². The monoisotopic (exact) mass is 418 g/mol. The number of hydrogen-bond donors (Lipinski definition) is 2. The third-order valence-corrected chi connectivity index (χ3v) is 4.51. The first kappa shape index (κ1) is 21.9. The van der Waals surface area contributed by atoms with Crippen LogP contribution in [0.3, 0.4) is 0 Å². The van der Waals surface area contributed by atoms with Gasteiger partial charge in [-0.2, -0.15) is 0 Å². The summed E-state index contributed by atoms with van der Waals surface area (Å²) < 4.78 is 11.1. The van der Waals surface area contributed by atoms with E-state index >= 15 is 0 Å². The second-order valence-corrected chi connectivity index (χ2v) is 6.91. The topological polar surface area (TPSA) is 76.7 Å². The molecule has 3 aromatic rings. The lowest BCUT2D eigenvalue weighted by Crippen LogP contribution is -2.43. The first-order valence-corrected chi connectivity index (χ1v) is 10.3. The molecule has 2 N–H and O–H groups in total. The van der Waals surface area contributed by atoms with Gasteiger partial charge in [0.25, 0.3) is 11.8 Å². The highest BCUT2D eigenvalue weighted by Gasteiger charge is 2.09. The van der Waals surface area contributed by atoms with E-state index in [1.165, 1.54) is 0 Å². The number of amides is 2. The summed E-state index contributed by atoms with van der Waals surface area (Å²) in [4.78, 5) is 24.3. The highest BCUT2D eigenvalue weighted by molar-refractivity contribution is 5.95. The molecule has 3 rings (SSSR count). The molecule has 6 nitrogen and oxygen atoms in total. The fourth-order valence-corrected chi connectivity index (χ4v) is 2.82. The van der Waals surface area contributed by atoms with Crippen molar-refractivity contribution >= 4 is 11.8 Å². The van der Waals surface area contributed by atoms with Crippen LogP contribution >= 0.6 is 0 Å². The van der Waals surface area contributed by atoms with Crippen molar-refractivity contribution in [3.63, 3.8) is 0 Å². The Labute approximate surface area is 182 Å². The number of carbonyl (C=O) groups is 2. The van der Waals surface area contributed by atoms with Crippen LogP contribution in [0.15, 0.2) is 78.9 Å². The number of ether oxygens (including phenoxy) is 2. The van der Waals surface area contributed by atoms with E-state index in [-0.39, 0.29) is 6.61 Å². The summed E-state index contributed by atoms with van der Waals surface area (Å²) in [6.45, 7) is 2.46. The maximum absolute atomic E-state index is 12.3. The van der Waals surface area contributed by atoms with Gasteiger partial charge in [0.2, 0.25) is 0 Å². The lowest BCUT2D eigenvalue weighted by molar-refractivity contribution is -0.123. The van der Waals surface area contributed by atoms with Crippen LogP contribution in [-0.4, -0.2) is 25.0 Å². The Morgan fingerprint density at radius 1 is 0.774 bits per heavy atom. The van der Waals surface area contributed by atoms with Gasteiger partial charge in [-0.3, -0.25) is 20.4 Å². The fraction of sp³-hybridized carbons (Fsp3) is 0.200. The number of hydrogen-bond acceptors (Lipinski definition) is 4. The molecule has 0 bridgehead atoms. The molecule has 0 unspecified atom stereocenters. The van der Waals surface area contributed by atoms with E-state index < -0.39 is 11.8 Å². The van der Waals surface area contributed by atoms with Crippen molar-refractivity contribution in [3.8, 4) is 22.6 Å². The minimum atomic E-state index is -0.462. The quantitative estimate of drug-likeness (QED) is 0.400. The van der Waals surface area contributed by atoms with Crippen LogP contribution in [0, 0.1) is 0 Å². The molecule has 0 aliphatic rings. The summed E-state index contributed by atoms with van der Waals surface area (Å²) in [7, 11) is 0. The van der Waals surface area contributed by atoms with Gasteiger partial charge in [-0.15, -0.1) is 0 Å². The summed E-state index contributed by atoms with van der Waals surface area (Å²) >= 11 is 0. The number of hydrazine groups is 1. The first-order valence-electron chi connectivity index (χ1n) is 10.3. The normalized spacial score (nSPS) is 10.2. The zero-order chi connectivity index (χ0) is 21.9. The molecular weight excluding hydrogens is 392 g/mol. The molecule has 0 fully saturated rings. The molecular formula is C25H26N2O4. The van der Waals surface area contributed by atoms with Crippen LogP contribution in [0.1, 0.15) is 30.1 Å². The average Bonchev–Trinajstić information content (AvgIpc) is 2.82. The van der Waals surface area contributed by atoms with Gasteiger partial charge in [0.1, 0.15) is 11.5 Å². The molecule has 0 atom stereocenters. The molecule has 0 aromatic heterocycles. The fourth-order valence-electron chi connectivity index (χ4n) is 2.82. The van der Waals surface area contributed by atoms with Crippen molar-refractivity contribution in [2.24, 2.45) is 0 Å². The molecule has 31 heavy (non-hydrogen) atoms. The summed E-state index contributed by atoms with van der Waals surface area (Å²) in [5, 5.41) is 0. The number of nitrogens with one attached hydrogen (secondary N) is 2. The van der Waals surface area contributed by atoms with Crippen molar-refractivity contribution in [1.29, 1.82) is 0 Å². The van der Waals surface area contributed by atoms with Crippen LogP contribution < -0.4 is 20.3 Å². The molecule has 3 aromatic carbocycles. The average molecular weight is 418 g/mol. The smallest absolute Gasteiger partial charge is 0.276 e. The zero-order valence-electron chi connectivity index (χ0n) is 17.5. The van der Waals surface area contributed by atoms with Gasteiger partial charge in [0.05, 0.1) is 6.61 Å². The van der Waals surface area contributed by atoms with Crippen molar-refractivity contribution < 1.29 is 19.1 Å². The van der Waals surface area contributed by atoms with E-state index in [4.69, 9.17) is 9.47 Å². The largest absolute Gasteiger partial charge is 0.494 e. The van der Waals surface area contributed by atoms with Crippen LogP contribution in [-0.2, 0) is 4.79 Å². The molecule has 0 heterocycles. The van der Waals surface area contributed by atoms with E-state index in [0.717, 1.165) is 24.0 Å². The maximum Gasteiger partial charge on any atom is 0.276 e. The lowest BCUT2D eigenvalue weighted by Gasteiger charge is -2.10. The molecule has 0 saturated heterocycles. The second-order valence-electron chi connectivity index (χ2n) is 6.91. The Morgan fingerprint density at radius 3 is 2.26 bits per heavy atom. The predicted molar refractivity (Wildman–Crippen MR) is 120 cm³/mol. The van der Waals surface area contributed by atoms with Crippen molar-refractivity contribution in [2.75, 3.05) is 13.2 Å². The SMILES string of the molecule is CCCCOc1cccc(C(=O)NNC(=O)COc2ccc(-c3ccccc3)cc2)c1. The molecule has 160 valence electrons. The molecule has 0 aliphatic heterocycles. The van der Waals surface area contributed by atoms with E-state index in [1.54, 1.807) is 36.4 Å². The van der Waals surface area contributed by atoms with Gasteiger partial charge in [-0.1, -0.05) is 61.9 Å². The third-order valence-electron chi connectivity index (χ3n) is 4.51. The Morgan fingerprint density at radius 2 is 1.52 bits per heavy atom. The summed E-state index contributed by atoms with van der Waals surface area (Å²) in [6.07, 6.45) is 1.98. The zero-order valence-corrected chi connectivity index (χ0v) is 17.5. The molecule has 0 spiro atoms. The van der Waals surface area contributed by atoms with E-state index in [9.17, 15) is 9.59 Å². The highest BCUT2D eigenvalue weighted by atomic mass is 16.5. The first-order chi connectivity index (χ1) is 15.2. The number of rotatable bonds is 9. The van der Waals surface area contributed by atoms with E-state index in [1.807, 2.05) is 42.5 Å². The van der Waals surface area contributed by atoms with Gasteiger partial charge in [0, 0.05) is 5.56 Å². The maximum atomic E-state index is 12.3. The minimum absolute atomic E-state index is 0.217. The van der Waals surface area contributed by atoms with Gasteiger partial charge in [-0.25, -0.2) is 0 Å². The highest BCUT2D eigenvalue weighted by Crippen LogP contribution is 2.22. The Balaban J connectivity index is 1.44. The van der Waals surface area contributed by atoms with Gasteiger partial charge >= 0.3 is 0 Å². The van der Waals surface area contributed by atoms with E-state index in [0.29, 0.717) is 23.7 Å². The minimum Gasteiger partial charge on any atom is -0.494 e. The van der Waals surface area contributed by atoms with E-state index in [2.05, 4.69) is 17.8 Å². The molecule has 6 heteroatoms. The Hall–Kier alpha value is -3.80.